The molecule has 0 radical (unpaired) electrons. The second-order valence-corrected chi connectivity index (χ2v) is 4.42. The highest BCUT2D eigenvalue weighted by Gasteiger charge is 2.19. The van der Waals surface area contributed by atoms with Gasteiger partial charge in [-0.2, -0.15) is 0 Å². The van der Waals surface area contributed by atoms with E-state index in [9.17, 15) is 4.79 Å². The van der Waals surface area contributed by atoms with Gasteiger partial charge in [0.15, 0.2) is 5.69 Å². The Morgan fingerprint density at radius 3 is 2.63 bits per heavy atom. The molecule has 0 atom stereocenters. The number of hydrogen-bond acceptors (Lipinski definition) is 5. The first-order valence-corrected chi connectivity index (χ1v) is 6.47. The fourth-order valence-corrected chi connectivity index (χ4v) is 1.65. The Hall–Kier alpha value is -1.69. The summed E-state index contributed by atoms with van der Waals surface area (Å²) in [5, 5.41) is 11.0. The number of rotatable bonds is 7. The van der Waals surface area contributed by atoms with Gasteiger partial charge in [-0.05, 0) is 32.9 Å². The first-order valence-electron chi connectivity index (χ1n) is 6.47. The molecule has 1 heterocycles. The maximum Gasteiger partial charge on any atom is 0.274 e. The number of nitrogens with zero attached hydrogens (tertiary/aromatic N) is 3. The van der Waals surface area contributed by atoms with Crippen molar-refractivity contribution in [3.05, 3.63) is 17.8 Å². The average Bonchev–Trinajstić information content (AvgIpc) is 2.40. The van der Waals surface area contributed by atoms with Gasteiger partial charge in [-0.25, -0.2) is 0 Å². The van der Waals surface area contributed by atoms with Crippen LogP contribution in [0.4, 0.5) is 5.82 Å². The fourth-order valence-electron chi connectivity index (χ4n) is 1.65. The summed E-state index contributed by atoms with van der Waals surface area (Å²) >= 11 is 0. The van der Waals surface area contributed by atoms with E-state index >= 15 is 0 Å². The molecule has 19 heavy (non-hydrogen) atoms. The summed E-state index contributed by atoms with van der Waals surface area (Å²) in [6, 6.07) is 3.55. The maximum atomic E-state index is 12.3. The molecule has 0 unspecified atom stereocenters. The monoisotopic (exact) mass is 266 g/mol. The zero-order chi connectivity index (χ0) is 14.3. The highest BCUT2D eigenvalue weighted by molar-refractivity contribution is 5.92. The molecule has 0 aliphatic heterocycles. The van der Waals surface area contributed by atoms with Gasteiger partial charge < -0.3 is 15.0 Å². The van der Waals surface area contributed by atoms with Crippen LogP contribution in [0.1, 0.15) is 31.3 Å². The van der Waals surface area contributed by atoms with Gasteiger partial charge in [-0.3, -0.25) is 4.79 Å². The molecular weight excluding hydrogens is 244 g/mol. The number of methoxy groups -OCH3 is 1. The Bertz CT molecular complexity index is 392. The van der Waals surface area contributed by atoms with Gasteiger partial charge in [0.25, 0.3) is 5.91 Å². The van der Waals surface area contributed by atoms with E-state index in [0.717, 1.165) is 6.54 Å². The Balaban J connectivity index is 2.78. The minimum atomic E-state index is -0.123. The van der Waals surface area contributed by atoms with E-state index in [1.54, 1.807) is 24.1 Å². The van der Waals surface area contributed by atoms with Gasteiger partial charge in [0.05, 0.1) is 6.61 Å². The standard InChI is InChI=1S/C13H22N4O2/c1-5-14-12-7-6-11(15-16-12)13(18)17(10(2)3)8-9-19-4/h6-7,10H,5,8-9H2,1-4H3,(H,14,16). The van der Waals surface area contributed by atoms with Gasteiger partial charge in [-0.15, -0.1) is 10.2 Å². The number of carbonyl (C=O) groups is 1. The molecule has 106 valence electrons. The van der Waals surface area contributed by atoms with Crippen LogP contribution < -0.4 is 5.32 Å². The Kier molecular flexibility index (Phi) is 6.21. The predicted octanol–water partition coefficient (Wildman–Crippen LogP) is 1.41. The number of ether oxygens (including phenoxy) is 1. The molecule has 0 bridgehead atoms. The summed E-state index contributed by atoms with van der Waals surface area (Å²) in [7, 11) is 1.62. The lowest BCUT2D eigenvalue weighted by Gasteiger charge is -2.25. The largest absolute Gasteiger partial charge is 0.383 e. The SMILES string of the molecule is CCNc1ccc(C(=O)N(CCOC)C(C)C)nn1. The average molecular weight is 266 g/mol. The Labute approximate surface area is 114 Å². The van der Waals surface area contributed by atoms with Gasteiger partial charge in [-0.1, -0.05) is 0 Å². The first-order chi connectivity index (χ1) is 9.10. The smallest absolute Gasteiger partial charge is 0.274 e. The van der Waals surface area contributed by atoms with E-state index in [4.69, 9.17) is 4.74 Å². The number of anilines is 1. The van der Waals surface area contributed by atoms with E-state index in [1.807, 2.05) is 20.8 Å². The molecule has 1 N–H and O–H groups in total. The van der Waals surface area contributed by atoms with Crippen LogP contribution in [0.15, 0.2) is 12.1 Å². The lowest BCUT2D eigenvalue weighted by Crippen LogP contribution is -2.39. The van der Waals surface area contributed by atoms with Crippen LogP contribution in [0.2, 0.25) is 0 Å². The quantitative estimate of drug-likeness (QED) is 0.808. The van der Waals surface area contributed by atoms with Crippen LogP contribution in [0.3, 0.4) is 0 Å². The van der Waals surface area contributed by atoms with Crippen LogP contribution >= 0.6 is 0 Å². The molecule has 6 nitrogen and oxygen atoms in total. The van der Waals surface area contributed by atoms with Crippen molar-refractivity contribution in [1.82, 2.24) is 15.1 Å². The number of nitrogens with one attached hydrogen (secondary N) is 1. The Morgan fingerprint density at radius 2 is 2.16 bits per heavy atom. The van der Waals surface area contributed by atoms with Gasteiger partial charge in [0.1, 0.15) is 5.82 Å². The van der Waals surface area contributed by atoms with Crippen LogP contribution in [-0.2, 0) is 4.74 Å². The molecule has 1 amide bonds. The molecule has 6 heteroatoms. The topological polar surface area (TPSA) is 67.4 Å². The molecule has 1 rings (SSSR count). The second kappa shape index (κ2) is 7.68. The summed E-state index contributed by atoms with van der Waals surface area (Å²) in [4.78, 5) is 14.0. The van der Waals surface area contributed by atoms with Crippen LogP contribution in [0.25, 0.3) is 0 Å². The van der Waals surface area contributed by atoms with Crippen molar-refractivity contribution < 1.29 is 9.53 Å². The van der Waals surface area contributed by atoms with Gasteiger partial charge in [0.2, 0.25) is 0 Å². The lowest BCUT2D eigenvalue weighted by atomic mass is 10.2. The number of amides is 1. The molecule has 0 aromatic carbocycles. The minimum Gasteiger partial charge on any atom is -0.383 e. The maximum absolute atomic E-state index is 12.3. The minimum absolute atomic E-state index is 0.0953. The third-order valence-corrected chi connectivity index (χ3v) is 2.66. The molecule has 0 saturated carbocycles. The van der Waals surface area contributed by atoms with Crippen molar-refractivity contribution >= 4 is 11.7 Å². The van der Waals surface area contributed by atoms with Gasteiger partial charge >= 0.3 is 0 Å². The number of carbonyl (C=O) groups excluding carboxylic acids is 1. The molecular formula is C13H22N4O2. The predicted molar refractivity (Wildman–Crippen MR) is 74.2 cm³/mol. The van der Waals surface area contributed by atoms with Crippen molar-refractivity contribution in [3.63, 3.8) is 0 Å². The van der Waals surface area contributed by atoms with E-state index in [0.29, 0.717) is 24.7 Å². The molecule has 0 saturated heterocycles. The highest BCUT2D eigenvalue weighted by atomic mass is 16.5. The summed E-state index contributed by atoms with van der Waals surface area (Å²) in [5.41, 5.74) is 0.353. The summed E-state index contributed by atoms with van der Waals surface area (Å²) < 4.78 is 5.02. The molecule has 1 aromatic rings. The lowest BCUT2D eigenvalue weighted by molar-refractivity contribution is 0.0628. The Morgan fingerprint density at radius 1 is 1.42 bits per heavy atom. The zero-order valence-electron chi connectivity index (χ0n) is 12.0. The zero-order valence-corrected chi connectivity index (χ0v) is 12.0. The third-order valence-electron chi connectivity index (χ3n) is 2.66. The molecule has 0 spiro atoms. The van der Waals surface area contributed by atoms with Crippen LogP contribution in [0, 0.1) is 0 Å². The number of hydrogen-bond donors (Lipinski definition) is 1. The van der Waals surface area contributed by atoms with Crippen molar-refractivity contribution in [3.8, 4) is 0 Å². The van der Waals surface area contributed by atoms with Crippen molar-refractivity contribution in [1.29, 1.82) is 0 Å². The molecule has 0 fully saturated rings. The van der Waals surface area contributed by atoms with Crippen LogP contribution in [-0.4, -0.2) is 53.9 Å². The van der Waals surface area contributed by atoms with E-state index in [-0.39, 0.29) is 11.9 Å². The highest BCUT2D eigenvalue weighted by Crippen LogP contribution is 2.08. The summed E-state index contributed by atoms with van der Waals surface area (Å²) in [6.45, 7) is 7.73. The van der Waals surface area contributed by atoms with E-state index in [2.05, 4.69) is 15.5 Å². The van der Waals surface area contributed by atoms with Crippen molar-refractivity contribution in [2.45, 2.75) is 26.8 Å². The van der Waals surface area contributed by atoms with E-state index in [1.165, 1.54) is 0 Å². The van der Waals surface area contributed by atoms with Crippen molar-refractivity contribution in [2.75, 3.05) is 32.1 Å². The number of aromatic nitrogens is 2. The van der Waals surface area contributed by atoms with E-state index < -0.39 is 0 Å². The van der Waals surface area contributed by atoms with Crippen molar-refractivity contribution in [2.24, 2.45) is 0 Å². The normalized spacial score (nSPS) is 10.6. The third kappa shape index (κ3) is 4.48. The summed E-state index contributed by atoms with van der Waals surface area (Å²) in [5.74, 6) is 0.551. The van der Waals surface area contributed by atoms with Crippen LogP contribution in [0.5, 0.6) is 0 Å². The summed E-state index contributed by atoms with van der Waals surface area (Å²) in [6.07, 6.45) is 0. The molecule has 1 aromatic heterocycles. The molecule has 0 aliphatic rings. The first kappa shape index (κ1) is 15.4. The fraction of sp³-hybridized carbons (Fsp3) is 0.615. The second-order valence-electron chi connectivity index (χ2n) is 4.42. The van der Waals surface area contributed by atoms with Gasteiger partial charge in [0, 0.05) is 26.2 Å². The molecule has 0 aliphatic carbocycles.